The van der Waals surface area contributed by atoms with Crippen molar-refractivity contribution >= 4 is 10.9 Å². The molecule has 0 saturated carbocycles. The van der Waals surface area contributed by atoms with Crippen LogP contribution in [-0.4, -0.2) is 36.1 Å². The second kappa shape index (κ2) is 4.99. The van der Waals surface area contributed by atoms with Gasteiger partial charge in [-0.15, -0.1) is 0 Å². The van der Waals surface area contributed by atoms with Crippen LogP contribution in [0.15, 0.2) is 12.1 Å². The summed E-state index contributed by atoms with van der Waals surface area (Å²) in [5.41, 5.74) is 6.86. The summed E-state index contributed by atoms with van der Waals surface area (Å²) in [6, 6.07) is 4.52. The lowest BCUT2D eigenvalue weighted by atomic mass is 10.0. The second-order valence-corrected chi connectivity index (χ2v) is 5.68. The fraction of sp³-hybridized carbons (Fsp3) is 0.500. The van der Waals surface area contributed by atoms with Crippen molar-refractivity contribution in [3.8, 4) is 0 Å². The Kier molecular flexibility index (Phi) is 3.33. The zero-order chi connectivity index (χ0) is 13.4. The highest BCUT2D eigenvalue weighted by atomic mass is 15.2. The number of nitrogens with one attached hydrogen (secondary N) is 2. The number of aromatic amines is 1. The molecule has 2 aromatic rings. The molecular formula is C16H23N3. The highest BCUT2D eigenvalue weighted by Gasteiger charge is 2.16. The van der Waals surface area contributed by atoms with Crippen molar-refractivity contribution in [2.45, 2.75) is 27.3 Å². The third kappa shape index (κ3) is 2.28. The Morgan fingerprint density at radius 2 is 1.84 bits per heavy atom. The van der Waals surface area contributed by atoms with E-state index in [9.17, 15) is 0 Å². The van der Waals surface area contributed by atoms with E-state index >= 15 is 0 Å². The van der Waals surface area contributed by atoms with E-state index in [-0.39, 0.29) is 0 Å². The van der Waals surface area contributed by atoms with E-state index in [1.807, 2.05) is 0 Å². The molecule has 102 valence electrons. The average Bonchev–Trinajstić information content (AvgIpc) is 2.73. The Hall–Kier alpha value is -1.32. The third-order valence-electron chi connectivity index (χ3n) is 4.42. The summed E-state index contributed by atoms with van der Waals surface area (Å²) in [7, 11) is 0. The molecule has 1 aliphatic heterocycles. The molecule has 0 aliphatic carbocycles. The van der Waals surface area contributed by atoms with Gasteiger partial charge in [0.1, 0.15) is 0 Å². The summed E-state index contributed by atoms with van der Waals surface area (Å²) in [6.45, 7) is 12.2. The number of hydrogen-bond acceptors (Lipinski definition) is 2. The van der Waals surface area contributed by atoms with Gasteiger partial charge in [0.25, 0.3) is 0 Å². The Balaban J connectivity index is 1.98. The molecule has 1 saturated heterocycles. The molecule has 0 spiro atoms. The van der Waals surface area contributed by atoms with Gasteiger partial charge < -0.3 is 10.3 Å². The Labute approximate surface area is 115 Å². The van der Waals surface area contributed by atoms with Crippen LogP contribution in [0.2, 0.25) is 0 Å². The molecule has 0 radical (unpaired) electrons. The van der Waals surface area contributed by atoms with Crippen molar-refractivity contribution in [3.05, 3.63) is 34.5 Å². The minimum Gasteiger partial charge on any atom is -0.358 e. The smallest absolute Gasteiger partial charge is 0.0491 e. The molecule has 0 amide bonds. The van der Waals surface area contributed by atoms with E-state index in [2.05, 4.69) is 48.1 Å². The average molecular weight is 257 g/mol. The van der Waals surface area contributed by atoms with Crippen molar-refractivity contribution in [1.29, 1.82) is 0 Å². The first-order valence-corrected chi connectivity index (χ1v) is 7.17. The summed E-state index contributed by atoms with van der Waals surface area (Å²) in [5, 5.41) is 4.82. The molecule has 19 heavy (non-hydrogen) atoms. The van der Waals surface area contributed by atoms with E-state index in [1.54, 1.807) is 0 Å². The van der Waals surface area contributed by atoms with Crippen LogP contribution in [0.1, 0.15) is 22.4 Å². The number of nitrogens with zero attached hydrogens (tertiary/aromatic N) is 1. The Morgan fingerprint density at radius 3 is 2.58 bits per heavy atom. The largest absolute Gasteiger partial charge is 0.358 e. The van der Waals surface area contributed by atoms with Gasteiger partial charge in [0.15, 0.2) is 0 Å². The molecule has 2 N–H and O–H groups in total. The summed E-state index contributed by atoms with van der Waals surface area (Å²) >= 11 is 0. The standard InChI is InChI=1S/C16H23N3/c1-11-4-5-14-15(10-19-8-6-17-7-9-19)13(3)18-16(14)12(11)2/h4-5,17-18H,6-10H2,1-3H3. The molecule has 0 atom stereocenters. The van der Waals surface area contributed by atoms with Crippen LogP contribution in [0.3, 0.4) is 0 Å². The fourth-order valence-corrected chi connectivity index (χ4v) is 2.99. The summed E-state index contributed by atoms with van der Waals surface area (Å²) < 4.78 is 0. The zero-order valence-electron chi connectivity index (χ0n) is 12.1. The van der Waals surface area contributed by atoms with Gasteiger partial charge in [0.2, 0.25) is 0 Å². The first kappa shape index (κ1) is 12.7. The van der Waals surface area contributed by atoms with Crippen molar-refractivity contribution in [2.75, 3.05) is 26.2 Å². The van der Waals surface area contributed by atoms with Crippen LogP contribution in [0.5, 0.6) is 0 Å². The van der Waals surface area contributed by atoms with Gasteiger partial charge in [-0.3, -0.25) is 4.90 Å². The van der Waals surface area contributed by atoms with E-state index in [4.69, 9.17) is 0 Å². The van der Waals surface area contributed by atoms with Crippen molar-refractivity contribution in [1.82, 2.24) is 15.2 Å². The number of piperazine rings is 1. The molecule has 3 nitrogen and oxygen atoms in total. The number of hydrogen-bond donors (Lipinski definition) is 2. The van der Waals surface area contributed by atoms with Crippen LogP contribution in [0.25, 0.3) is 10.9 Å². The van der Waals surface area contributed by atoms with Crippen LogP contribution in [0, 0.1) is 20.8 Å². The van der Waals surface area contributed by atoms with Crippen LogP contribution >= 0.6 is 0 Å². The maximum atomic E-state index is 3.58. The van der Waals surface area contributed by atoms with Crippen LogP contribution < -0.4 is 5.32 Å². The molecule has 0 bridgehead atoms. The van der Waals surface area contributed by atoms with E-state index in [0.717, 1.165) is 32.7 Å². The minimum atomic E-state index is 1.07. The Morgan fingerprint density at radius 1 is 1.11 bits per heavy atom. The monoisotopic (exact) mass is 257 g/mol. The maximum absolute atomic E-state index is 3.58. The topological polar surface area (TPSA) is 31.1 Å². The second-order valence-electron chi connectivity index (χ2n) is 5.68. The molecule has 3 heteroatoms. The van der Waals surface area contributed by atoms with Crippen molar-refractivity contribution in [3.63, 3.8) is 0 Å². The number of aryl methyl sites for hydroxylation is 3. The predicted octanol–water partition coefficient (Wildman–Crippen LogP) is 2.50. The molecule has 1 aromatic heterocycles. The molecule has 0 unspecified atom stereocenters. The van der Waals surface area contributed by atoms with Crippen molar-refractivity contribution in [2.24, 2.45) is 0 Å². The van der Waals surface area contributed by atoms with Gasteiger partial charge in [-0.05, 0) is 37.5 Å². The molecule has 2 heterocycles. The van der Waals surface area contributed by atoms with Gasteiger partial charge in [0, 0.05) is 49.3 Å². The highest BCUT2D eigenvalue weighted by Crippen LogP contribution is 2.27. The quantitative estimate of drug-likeness (QED) is 0.866. The van der Waals surface area contributed by atoms with Gasteiger partial charge in [0.05, 0.1) is 0 Å². The first-order chi connectivity index (χ1) is 9.16. The highest BCUT2D eigenvalue weighted by molar-refractivity contribution is 5.88. The van der Waals surface area contributed by atoms with Gasteiger partial charge in [-0.25, -0.2) is 0 Å². The SMILES string of the molecule is Cc1ccc2c(CN3CCNCC3)c(C)[nH]c2c1C. The summed E-state index contributed by atoms with van der Waals surface area (Å²) in [4.78, 5) is 6.13. The zero-order valence-corrected chi connectivity index (χ0v) is 12.1. The maximum Gasteiger partial charge on any atom is 0.0491 e. The van der Waals surface area contributed by atoms with Gasteiger partial charge in [-0.1, -0.05) is 12.1 Å². The summed E-state index contributed by atoms with van der Waals surface area (Å²) in [6.07, 6.45) is 0. The first-order valence-electron chi connectivity index (χ1n) is 7.17. The van der Waals surface area contributed by atoms with E-state index in [1.165, 1.54) is 33.3 Å². The van der Waals surface area contributed by atoms with Gasteiger partial charge in [-0.2, -0.15) is 0 Å². The molecule has 1 aromatic carbocycles. The third-order valence-corrected chi connectivity index (χ3v) is 4.42. The number of rotatable bonds is 2. The molecule has 1 aliphatic rings. The number of H-pyrrole nitrogens is 1. The molecule has 3 rings (SSSR count). The van der Waals surface area contributed by atoms with E-state index < -0.39 is 0 Å². The predicted molar refractivity (Wildman–Crippen MR) is 80.7 cm³/mol. The minimum absolute atomic E-state index is 1.07. The number of fused-ring (bicyclic) bond motifs is 1. The van der Waals surface area contributed by atoms with Gasteiger partial charge >= 0.3 is 0 Å². The lowest BCUT2D eigenvalue weighted by Gasteiger charge is -2.27. The van der Waals surface area contributed by atoms with Crippen molar-refractivity contribution < 1.29 is 0 Å². The normalized spacial score (nSPS) is 17.2. The number of aromatic nitrogens is 1. The molecular weight excluding hydrogens is 234 g/mol. The summed E-state index contributed by atoms with van der Waals surface area (Å²) in [5.74, 6) is 0. The van der Waals surface area contributed by atoms with E-state index in [0.29, 0.717) is 0 Å². The molecule has 1 fully saturated rings. The van der Waals surface area contributed by atoms with Crippen LogP contribution in [-0.2, 0) is 6.54 Å². The lowest BCUT2D eigenvalue weighted by molar-refractivity contribution is 0.233. The lowest BCUT2D eigenvalue weighted by Crippen LogP contribution is -2.42. The number of benzene rings is 1. The Bertz CT molecular complexity index is 592. The fourth-order valence-electron chi connectivity index (χ4n) is 2.99. The van der Waals surface area contributed by atoms with Crippen LogP contribution in [0.4, 0.5) is 0 Å².